The molecular weight excluding hydrogens is 528 g/mol. The molecule has 1 saturated carbocycles. The summed E-state index contributed by atoms with van der Waals surface area (Å²) in [5.74, 6) is 1.77. The van der Waals surface area contributed by atoms with E-state index in [2.05, 4.69) is 12.2 Å². The number of amides is 2. The van der Waals surface area contributed by atoms with Crippen LogP contribution in [0.15, 0.2) is 17.1 Å². The van der Waals surface area contributed by atoms with Crippen LogP contribution in [0.2, 0.25) is 0 Å². The molecule has 2 fully saturated rings. The van der Waals surface area contributed by atoms with Gasteiger partial charge in [-0.3, -0.25) is 14.7 Å². The van der Waals surface area contributed by atoms with Crippen LogP contribution in [0.25, 0.3) is 0 Å². The van der Waals surface area contributed by atoms with Crippen LogP contribution in [0.5, 0.6) is 0 Å². The number of anilines is 1. The predicted octanol–water partition coefficient (Wildman–Crippen LogP) is 4.74. The molecule has 4 rings (SSSR count). The second kappa shape index (κ2) is 11.4. The Morgan fingerprint density at radius 3 is 2.25 bits per heavy atom. The maximum Gasteiger partial charge on any atom is 0.414 e. The monoisotopic (exact) mass is 574 g/mol. The van der Waals surface area contributed by atoms with Crippen LogP contribution in [-0.4, -0.2) is 67.6 Å². The fraction of sp³-hybridized carbons (Fsp3) is 0.700. The van der Waals surface area contributed by atoms with Crippen LogP contribution < -0.4 is 10.2 Å². The molecule has 0 unspecified atom stereocenters. The molecular formula is C30H46N4O5S. The van der Waals surface area contributed by atoms with E-state index in [1.807, 2.05) is 46.8 Å². The molecule has 40 heavy (non-hydrogen) atoms. The van der Waals surface area contributed by atoms with Gasteiger partial charge in [-0.2, -0.15) is 0 Å². The van der Waals surface area contributed by atoms with Crippen molar-refractivity contribution < 1.29 is 22.7 Å². The van der Waals surface area contributed by atoms with Crippen molar-refractivity contribution in [3.63, 3.8) is 0 Å². The van der Waals surface area contributed by atoms with Crippen molar-refractivity contribution in [2.45, 2.75) is 97.6 Å². The summed E-state index contributed by atoms with van der Waals surface area (Å²) in [7, 11) is -1.84. The zero-order valence-electron chi connectivity index (χ0n) is 25.2. The number of nitrogens with one attached hydrogen (secondary N) is 1. The molecule has 2 heterocycles. The molecule has 222 valence electrons. The first-order chi connectivity index (χ1) is 18.6. The predicted molar refractivity (Wildman–Crippen MR) is 158 cm³/mol. The number of hydrogen-bond donors (Lipinski definition) is 1. The van der Waals surface area contributed by atoms with Crippen molar-refractivity contribution in [2.24, 2.45) is 16.8 Å². The Morgan fingerprint density at radius 2 is 1.70 bits per heavy atom. The number of rotatable bonds is 6. The largest absolute Gasteiger partial charge is 0.443 e. The van der Waals surface area contributed by atoms with Gasteiger partial charge in [0.25, 0.3) is 5.91 Å². The SMILES string of the molecule is Cc1cc(N(C)C(=O)OC(C)(C)C)cc(C)c1CCS(=O)(=O)N1CCC2(CC1)N=C(C1CCC(C)CC1)NC2=O. The third-order valence-corrected chi connectivity index (χ3v) is 10.6. The average Bonchev–Trinajstić information content (AvgIpc) is 3.17. The Balaban J connectivity index is 1.37. The number of aryl methyl sites for hydroxylation is 2. The van der Waals surface area contributed by atoms with Crippen LogP contribution in [0.3, 0.4) is 0 Å². The smallest absolute Gasteiger partial charge is 0.414 e. The molecule has 3 aliphatic rings. The summed E-state index contributed by atoms with van der Waals surface area (Å²) in [6.07, 6.45) is 5.16. The van der Waals surface area contributed by atoms with Crippen molar-refractivity contribution in [1.82, 2.24) is 9.62 Å². The van der Waals surface area contributed by atoms with Crippen molar-refractivity contribution in [1.29, 1.82) is 0 Å². The van der Waals surface area contributed by atoms with Gasteiger partial charge in [-0.25, -0.2) is 17.5 Å². The lowest BCUT2D eigenvalue weighted by atomic mass is 9.82. The van der Waals surface area contributed by atoms with Crippen LogP contribution in [0, 0.1) is 25.7 Å². The first-order valence-electron chi connectivity index (χ1n) is 14.6. The lowest BCUT2D eigenvalue weighted by Gasteiger charge is -2.34. The summed E-state index contributed by atoms with van der Waals surface area (Å²) in [5.41, 5.74) is 2.11. The lowest BCUT2D eigenvalue weighted by Crippen LogP contribution is -2.51. The Kier molecular flexibility index (Phi) is 8.72. The number of hydrogen-bond acceptors (Lipinski definition) is 6. The molecule has 0 radical (unpaired) electrons. The number of sulfonamides is 1. The van der Waals surface area contributed by atoms with Crippen molar-refractivity contribution in [3.8, 4) is 0 Å². The number of nitrogens with zero attached hydrogens (tertiary/aromatic N) is 3. The van der Waals surface area contributed by atoms with Crippen molar-refractivity contribution in [3.05, 3.63) is 28.8 Å². The average molecular weight is 575 g/mol. The van der Waals surface area contributed by atoms with E-state index in [9.17, 15) is 18.0 Å². The van der Waals surface area contributed by atoms with Gasteiger partial charge in [-0.1, -0.05) is 19.8 Å². The van der Waals surface area contributed by atoms with Gasteiger partial charge in [0.15, 0.2) is 0 Å². The van der Waals surface area contributed by atoms with E-state index >= 15 is 0 Å². The highest BCUT2D eigenvalue weighted by atomic mass is 32.2. The van der Waals surface area contributed by atoms with Crippen molar-refractivity contribution in [2.75, 3.05) is 30.8 Å². The summed E-state index contributed by atoms with van der Waals surface area (Å²) in [4.78, 5) is 31.8. The van der Waals surface area contributed by atoms with Gasteiger partial charge in [-0.15, -0.1) is 0 Å². The van der Waals surface area contributed by atoms with Crippen molar-refractivity contribution >= 4 is 33.5 Å². The van der Waals surface area contributed by atoms with E-state index in [1.165, 1.54) is 9.21 Å². The van der Waals surface area contributed by atoms with Gasteiger partial charge in [0.05, 0.1) is 5.75 Å². The molecule has 1 aromatic carbocycles. The van der Waals surface area contributed by atoms with E-state index in [1.54, 1.807) is 7.05 Å². The number of carbonyl (C=O) groups excluding carboxylic acids is 2. The fourth-order valence-corrected chi connectivity index (χ4v) is 7.56. The minimum Gasteiger partial charge on any atom is -0.443 e. The molecule has 2 amide bonds. The Bertz CT molecular complexity index is 1240. The second-order valence-electron chi connectivity index (χ2n) is 13.0. The number of amidine groups is 1. The normalized spacial score (nSPS) is 23.6. The number of aliphatic imine (C=N–C) groups is 1. The number of ether oxygens (including phenoxy) is 1. The highest BCUT2D eigenvalue weighted by molar-refractivity contribution is 7.89. The number of carbonyl (C=O) groups is 2. The first-order valence-corrected chi connectivity index (χ1v) is 16.2. The molecule has 9 nitrogen and oxygen atoms in total. The molecule has 1 saturated heterocycles. The molecule has 10 heteroatoms. The van der Waals surface area contributed by atoms with E-state index in [4.69, 9.17) is 9.73 Å². The molecule has 0 aromatic heterocycles. The lowest BCUT2D eigenvalue weighted by molar-refractivity contribution is -0.125. The maximum absolute atomic E-state index is 13.3. The Labute approximate surface area is 239 Å². The van der Waals surface area contributed by atoms with E-state index < -0.39 is 27.3 Å². The summed E-state index contributed by atoms with van der Waals surface area (Å²) < 4.78 is 33.7. The molecule has 1 aliphatic carbocycles. The third-order valence-electron chi connectivity index (χ3n) is 8.69. The number of piperidine rings is 1. The fourth-order valence-electron chi connectivity index (χ4n) is 6.10. The van der Waals surface area contributed by atoms with Crippen LogP contribution in [0.4, 0.5) is 10.5 Å². The molecule has 1 aromatic rings. The summed E-state index contributed by atoms with van der Waals surface area (Å²) in [6, 6.07) is 3.79. The van der Waals surface area contributed by atoms with Crippen LogP contribution in [0.1, 0.15) is 82.9 Å². The zero-order valence-corrected chi connectivity index (χ0v) is 26.0. The second-order valence-corrected chi connectivity index (χ2v) is 15.1. The highest BCUT2D eigenvalue weighted by Crippen LogP contribution is 2.36. The molecule has 1 N–H and O–H groups in total. The highest BCUT2D eigenvalue weighted by Gasteiger charge is 2.48. The first kappa shape index (κ1) is 30.5. The zero-order chi connectivity index (χ0) is 29.5. The Hall–Kier alpha value is -2.46. The quantitative estimate of drug-likeness (QED) is 0.528. The maximum atomic E-state index is 13.3. The molecule has 1 spiro atoms. The minimum atomic E-state index is -3.51. The number of benzene rings is 1. The molecule has 2 aliphatic heterocycles. The van der Waals surface area contributed by atoms with Gasteiger partial charge in [0, 0.05) is 31.7 Å². The van der Waals surface area contributed by atoms with Gasteiger partial charge in [0.2, 0.25) is 10.0 Å². The van der Waals surface area contributed by atoms with E-state index in [0.717, 1.165) is 54.1 Å². The van der Waals surface area contributed by atoms with Gasteiger partial charge >= 0.3 is 6.09 Å². The van der Waals surface area contributed by atoms with Crippen LogP contribution >= 0.6 is 0 Å². The van der Waals surface area contributed by atoms with Gasteiger partial charge < -0.3 is 10.1 Å². The summed E-state index contributed by atoms with van der Waals surface area (Å²) in [6.45, 7) is 12.2. The topological polar surface area (TPSA) is 108 Å². The molecule has 0 bridgehead atoms. The van der Waals surface area contributed by atoms with Gasteiger partial charge in [-0.05, 0) is 101 Å². The third kappa shape index (κ3) is 6.70. The standard InChI is InChI=1S/C30H46N4O5S/c1-20-8-10-23(11-9-20)26-31-27(35)30(32-26)13-15-34(16-14-30)40(37,38)17-12-25-21(2)18-24(19-22(25)3)33(7)28(36)39-29(4,5)6/h18-20,23H,8-17H2,1-7H3,(H,31,32,35). The summed E-state index contributed by atoms with van der Waals surface area (Å²) >= 11 is 0. The summed E-state index contributed by atoms with van der Waals surface area (Å²) in [5, 5.41) is 3.05. The Morgan fingerprint density at radius 1 is 1.12 bits per heavy atom. The minimum absolute atomic E-state index is 0.0100. The van der Waals surface area contributed by atoms with Gasteiger partial charge in [0.1, 0.15) is 17.0 Å². The van der Waals surface area contributed by atoms with E-state index in [-0.39, 0.29) is 11.7 Å². The van der Waals surface area contributed by atoms with Crippen LogP contribution in [-0.2, 0) is 26.0 Å². The van der Waals surface area contributed by atoms with E-state index in [0.29, 0.717) is 44.0 Å². The molecule has 0 atom stereocenters.